The highest BCUT2D eigenvalue weighted by Gasteiger charge is 2.37. The van der Waals surface area contributed by atoms with Crippen molar-refractivity contribution in [3.8, 4) is 0 Å². The molecule has 0 aliphatic carbocycles. The van der Waals surface area contributed by atoms with Crippen LogP contribution < -0.4 is 5.32 Å². The molecule has 1 amide bonds. The van der Waals surface area contributed by atoms with E-state index in [2.05, 4.69) is 26.1 Å². The Morgan fingerprint density at radius 1 is 1.60 bits per heavy atom. The van der Waals surface area contributed by atoms with Crippen LogP contribution in [0.5, 0.6) is 0 Å². The van der Waals surface area contributed by atoms with Gasteiger partial charge in [-0.25, -0.2) is 0 Å². The number of hydrogen-bond acceptors (Lipinski definition) is 2. The van der Waals surface area contributed by atoms with Crippen molar-refractivity contribution in [2.24, 2.45) is 5.41 Å². The largest absolute Gasteiger partial charge is 0.343 e. The van der Waals surface area contributed by atoms with Crippen LogP contribution in [0.25, 0.3) is 0 Å². The highest BCUT2D eigenvalue weighted by Crippen LogP contribution is 2.28. The summed E-state index contributed by atoms with van der Waals surface area (Å²) in [6, 6.07) is 0.344. The highest BCUT2D eigenvalue weighted by molar-refractivity contribution is 5.82. The molecule has 0 aromatic heterocycles. The second-order valence-corrected chi connectivity index (χ2v) is 5.01. The maximum Gasteiger partial charge on any atom is 0.229 e. The van der Waals surface area contributed by atoms with Crippen molar-refractivity contribution in [1.29, 1.82) is 0 Å². The van der Waals surface area contributed by atoms with Gasteiger partial charge in [-0.3, -0.25) is 4.79 Å². The van der Waals surface area contributed by atoms with Gasteiger partial charge in [0.1, 0.15) is 0 Å². The van der Waals surface area contributed by atoms with E-state index in [1.165, 1.54) is 0 Å². The fraction of sp³-hybridized carbons (Fsp3) is 0.917. The van der Waals surface area contributed by atoms with Gasteiger partial charge >= 0.3 is 0 Å². The molecule has 0 saturated carbocycles. The summed E-state index contributed by atoms with van der Waals surface area (Å²) in [6.07, 6.45) is 3.14. The number of rotatable bonds is 3. The molecule has 15 heavy (non-hydrogen) atoms. The second kappa shape index (κ2) is 4.97. The zero-order chi connectivity index (χ0) is 11.5. The molecule has 0 bridgehead atoms. The molecule has 1 heterocycles. The zero-order valence-corrected chi connectivity index (χ0v) is 10.5. The van der Waals surface area contributed by atoms with Gasteiger partial charge in [-0.1, -0.05) is 6.92 Å². The Kier molecular flexibility index (Phi) is 4.14. The van der Waals surface area contributed by atoms with E-state index in [9.17, 15) is 4.79 Å². The third-order valence-corrected chi connectivity index (χ3v) is 3.69. The molecule has 1 rings (SSSR count). The first kappa shape index (κ1) is 12.5. The summed E-state index contributed by atoms with van der Waals surface area (Å²) in [6.45, 7) is 8.19. The number of carbonyl (C=O) groups excluding carboxylic acids is 1. The fourth-order valence-corrected chi connectivity index (χ4v) is 2.14. The molecule has 2 unspecified atom stereocenters. The molecule has 3 heteroatoms. The molecule has 1 aliphatic heterocycles. The third kappa shape index (κ3) is 2.71. The topological polar surface area (TPSA) is 32.3 Å². The minimum Gasteiger partial charge on any atom is -0.343 e. The Labute approximate surface area is 93.2 Å². The Bertz CT molecular complexity index is 222. The highest BCUT2D eigenvalue weighted by atomic mass is 16.2. The van der Waals surface area contributed by atoms with Gasteiger partial charge in [0, 0.05) is 19.6 Å². The number of piperidine rings is 1. The van der Waals surface area contributed by atoms with Gasteiger partial charge in [0.25, 0.3) is 0 Å². The summed E-state index contributed by atoms with van der Waals surface area (Å²) in [5, 5.41) is 3.32. The monoisotopic (exact) mass is 212 g/mol. The SMILES string of the molecule is CCC(C)N(C)C(=O)C1(C)CCCNC1. The van der Waals surface area contributed by atoms with Crippen LogP contribution in [0.1, 0.15) is 40.0 Å². The van der Waals surface area contributed by atoms with E-state index in [0.717, 1.165) is 32.4 Å². The molecule has 0 aromatic carbocycles. The van der Waals surface area contributed by atoms with Crippen molar-refractivity contribution in [2.75, 3.05) is 20.1 Å². The lowest BCUT2D eigenvalue weighted by atomic mass is 9.81. The van der Waals surface area contributed by atoms with Crippen molar-refractivity contribution in [1.82, 2.24) is 10.2 Å². The van der Waals surface area contributed by atoms with Crippen LogP contribution in [0.3, 0.4) is 0 Å². The van der Waals surface area contributed by atoms with Gasteiger partial charge in [0.05, 0.1) is 5.41 Å². The van der Waals surface area contributed by atoms with Crippen LogP contribution in [0.2, 0.25) is 0 Å². The summed E-state index contributed by atoms with van der Waals surface area (Å²) < 4.78 is 0. The predicted molar refractivity (Wildman–Crippen MR) is 62.7 cm³/mol. The molecule has 1 fully saturated rings. The van der Waals surface area contributed by atoms with Gasteiger partial charge in [-0.05, 0) is 39.7 Å². The molecule has 1 aliphatic rings. The van der Waals surface area contributed by atoms with Crippen molar-refractivity contribution in [2.45, 2.75) is 46.1 Å². The maximum absolute atomic E-state index is 12.3. The zero-order valence-electron chi connectivity index (χ0n) is 10.5. The number of nitrogens with one attached hydrogen (secondary N) is 1. The smallest absolute Gasteiger partial charge is 0.229 e. The third-order valence-electron chi connectivity index (χ3n) is 3.69. The van der Waals surface area contributed by atoms with Crippen molar-refractivity contribution in [3.05, 3.63) is 0 Å². The Balaban J connectivity index is 2.65. The fourth-order valence-electron chi connectivity index (χ4n) is 2.14. The summed E-state index contributed by atoms with van der Waals surface area (Å²) >= 11 is 0. The first-order valence-electron chi connectivity index (χ1n) is 5.99. The average molecular weight is 212 g/mol. The number of amides is 1. The summed E-state index contributed by atoms with van der Waals surface area (Å²) in [4.78, 5) is 14.2. The van der Waals surface area contributed by atoms with Gasteiger partial charge in [-0.15, -0.1) is 0 Å². The molecular formula is C12H24N2O. The summed E-state index contributed by atoms with van der Waals surface area (Å²) in [5.41, 5.74) is -0.184. The van der Waals surface area contributed by atoms with Crippen LogP contribution in [0.15, 0.2) is 0 Å². The molecule has 1 saturated heterocycles. The maximum atomic E-state index is 12.3. The molecule has 0 spiro atoms. The van der Waals surface area contributed by atoms with Crippen LogP contribution in [0.4, 0.5) is 0 Å². The van der Waals surface area contributed by atoms with E-state index < -0.39 is 0 Å². The van der Waals surface area contributed by atoms with Crippen LogP contribution in [-0.2, 0) is 4.79 Å². The van der Waals surface area contributed by atoms with Gasteiger partial charge < -0.3 is 10.2 Å². The molecule has 1 N–H and O–H groups in total. The molecular weight excluding hydrogens is 188 g/mol. The van der Waals surface area contributed by atoms with E-state index in [1.54, 1.807) is 0 Å². The van der Waals surface area contributed by atoms with Gasteiger partial charge in [0.15, 0.2) is 0 Å². The Morgan fingerprint density at radius 2 is 2.27 bits per heavy atom. The minimum absolute atomic E-state index is 0.184. The predicted octanol–water partition coefficient (Wildman–Crippen LogP) is 1.63. The van der Waals surface area contributed by atoms with Gasteiger partial charge in [-0.2, -0.15) is 0 Å². The first-order chi connectivity index (χ1) is 7.01. The minimum atomic E-state index is -0.184. The van der Waals surface area contributed by atoms with E-state index >= 15 is 0 Å². The lowest BCUT2D eigenvalue weighted by molar-refractivity contribution is -0.142. The molecule has 2 atom stereocenters. The van der Waals surface area contributed by atoms with Crippen LogP contribution in [-0.4, -0.2) is 37.0 Å². The normalized spacial score (nSPS) is 28.5. The standard InChI is InChI=1S/C12H24N2O/c1-5-10(2)14(4)11(15)12(3)7-6-8-13-9-12/h10,13H,5-9H2,1-4H3. The Hall–Kier alpha value is -0.570. The Morgan fingerprint density at radius 3 is 2.73 bits per heavy atom. The summed E-state index contributed by atoms with van der Waals surface area (Å²) in [7, 11) is 1.93. The lowest BCUT2D eigenvalue weighted by Crippen LogP contribution is -2.51. The van der Waals surface area contributed by atoms with Crippen LogP contribution >= 0.6 is 0 Å². The second-order valence-electron chi connectivity index (χ2n) is 5.01. The van der Waals surface area contributed by atoms with E-state index in [4.69, 9.17) is 0 Å². The van der Waals surface area contributed by atoms with Crippen LogP contribution in [0, 0.1) is 5.41 Å². The summed E-state index contributed by atoms with van der Waals surface area (Å²) in [5.74, 6) is 0.295. The lowest BCUT2D eigenvalue weighted by Gasteiger charge is -2.38. The quantitative estimate of drug-likeness (QED) is 0.771. The first-order valence-corrected chi connectivity index (χ1v) is 5.99. The number of carbonyl (C=O) groups is 1. The van der Waals surface area contributed by atoms with E-state index in [1.807, 2.05) is 11.9 Å². The molecule has 3 nitrogen and oxygen atoms in total. The van der Waals surface area contributed by atoms with Crippen molar-refractivity contribution < 1.29 is 4.79 Å². The molecule has 0 aromatic rings. The number of hydrogen-bond donors (Lipinski definition) is 1. The van der Waals surface area contributed by atoms with E-state index in [-0.39, 0.29) is 5.41 Å². The van der Waals surface area contributed by atoms with E-state index in [0.29, 0.717) is 11.9 Å². The number of nitrogens with zero attached hydrogens (tertiary/aromatic N) is 1. The van der Waals surface area contributed by atoms with Crippen molar-refractivity contribution in [3.63, 3.8) is 0 Å². The molecule has 0 radical (unpaired) electrons. The average Bonchev–Trinajstić information content (AvgIpc) is 2.27. The molecule has 88 valence electrons. The van der Waals surface area contributed by atoms with Gasteiger partial charge in [0.2, 0.25) is 5.91 Å². The van der Waals surface area contributed by atoms with Crippen molar-refractivity contribution >= 4 is 5.91 Å².